The van der Waals surface area contributed by atoms with E-state index in [0.717, 1.165) is 10.9 Å². The van der Waals surface area contributed by atoms with Crippen molar-refractivity contribution in [2.45, 2.75) is 25.3 Å². The van der Waals surface area contributed by atoms with Crippen LogP contribution in [0.5, 0.6) is 0 Å². The minimum absolute atomic E-state index is 0.111. The van der Waals surface area contributed by atoms with E-state index in [-0.39, 0.29) is 30.5 Å². The largest absolute Gasteiger partial charge is 0.357 e. The molecule has 0 bridgehead atoms. The summed E-state index contributed by atoms with van der Waals surface area (Å²) in [4.78, 5) is 24.5. The smallest absolute Gasteiger partial charge is 0.242 e. The number of likely N-dealkylation sites (N-methyl/N-ethyl adjacent to an activating group) is 1. The normalized spacial score (nSPS) is 11.9. The first-order chi connectivity index (χ1) is 13.1. The third-order valence-electron chi connectivity index (χ3n) is 4.46. The van der Waals surface area contributed by atoms with Crippen LogP contribution in [0.3, 0.4) is 0 Å². The Kier molecular flexibility index (Phi) is 6.19. The van der Waals surface area contributed by atoms with Gasteiger partial charge in [-0.25, -0.2) is 4.39 Å². The molecule has 1 heterocycles. The predicted molar refractivity (Wildman–Crippen MR) is 106 cm³/mol. The summed E-state index contributed by atoms with van der Waals surface area (Å²) in [5.41, 5.74) is 1.52. The molecule has 1 atom stereocenters. The number of aryl methyl sites for hydroxylation is 1. The topological polar surface area (TPSA) is 58.2 Å². The van der Waals surface area contributed by atoms with Crippen LogP contribution in [0.1, 0.15) is 17.5 Å². The number of carbonyl (C=O) groups is 2. The molecule has 6 heteroatoms. The lowest BCUT2D eigenvalue weighted by Gasteiger charge is -2.17. The monoisotopic (exact) mass is 384 g/mol. The van der Waals surface area contributed by atoms with Crippen LogP contribution in [0.2, 0.25) is 0 Å². The lowest BCUT2D eigenvalue weighted by molar-refractivity contribution is -0.128. The van der Waals surface area contributed by atoms with Crippen LogP contribution in [-0.4, -0.2) is 24.9 Å². The Morgan fingerprint density at radius 2 is 1.81 bits per heavy atom. The van der Waals surface area contributed by atoms with Gasteiger partial charge in [0.25, 0.3) is 0 Å². The van der Waals surface area contributed by atoms with Crippen LogP contribution >= 0.6 is 11.3 Å². The minimum Gasteiger partial charge on any atom is -0.357 e. The van der Waals surface area contributed by atoms with Gasteiger partial charge in [0.1, 0.15) is 11.9 Å². The number of benzene rings is 2. The summed E-state index contributed by atoms with van der Waals surface area (Å²) in [5.74, 6) is -0.951. The van der Waals surface area contributed by atoms with Gasteiger partial charge in [-0.15, -0.1) is 11.3 Å². The number of hydrogen-bond acceptors (Lipinski definition) is 3. The standard InChI is InChI=1S/C21H21FN2O2S/c1-23-21(26)18(12-14-6-2-4-8-17(14)22)24-20(25)11-10-15-13-27-19-9-5-3-7-16(15)19/h2-9,13,18H,10-12H2,1H3,(H,23,26)(H,24,25)/t18-/m1/s1. The van der Waals surface area contributed by atoms with Crippen LogP contribution in [0.4, 0.5) is 4.39 Å². The Balaban J connectivity index is 1.64. The summed E-state index contributed by atoms with van der Waals surface area (Å²) < 4.78 is 15.1. The average Bonchev–Trinajstić information content (AvgIpc) is 3.10. The SMILES string of the molecule is CNC(=O)[C@@H](Cc1ccccc1F)NC(=O)CCc1csc2ccccc12. The molecule has 0 spiro atoms. The van der Waals surface area contributed by atoms with Crippen molar-refractivity contribution in [1.82, 2.24) is 10.6 Å². The van der Waals surface area contributed by atoms with Crippen molar-refractivity contribution < 1.29 is 14.0 Å². The highest BCUT2D eigenvalue weighted by atomic mass is 32.1. The van der Waals surface area contributed by atoms with Gasteiger partial charge in [0.05, 0.1) is 0 Å². The Hall–Kier alpha value is -2.73. The number of rotatable bonds is 7. The molecule has 0 saturated heterocycles. The molecule has 4 nitrogen and oxygen atoms in total. The highest BCUT2D eigenvalue weighted by Gasteiger charge is 2.21. The zero-order valence-electron chi connectivity index (χ0n) is 15.0. The maximum Gasteiger partial charge on any atom is 0.242 e. The number of hydrogen-bond donors (Lipinski definition) is 2. The van der Waals surface area contributed by atoms with E-state index in [1.807, 2.05) is 18.2 Å². The van der Waals surface area contributed by atoms with Crippen LogP contribution in [0, 0.1) is 5.82 Å². The molecule has 0 fully saturated rings. The second kappa shape index (κ2) is 8.77. The fourth-order valence-electron chi connectivity index (χ4n) is 3.01. The number of halogens is 1. The van der Waals surface area contributed by atoms with Gasteiger partial charge in [0.15, 0.2) is 0 Å². The Morgan fingerprint density at radius 3 is 2.59 bits per heavy atom. The fraction of sp³-hybridized carbons (Fsp3) is 0.238. The van der Waals surface area contributed by atoms with Crippen molar-refractivity contribution in [2.75, 3.05) is 7.05 Å². The quantitative estimate of drug-likeness (QED) is 0.656. The number of carbonyl (C=O) groups excluding carboxylic acids is 2. The first-order valence-corrected chi connectivity index (χ1v) is 9.66. The summed E-state index contributed by atoms with van der Waals surface area (Å²) in [5, 5.41) is 8.49. The van der Waals surface area contributed by atoms with Crippen LogP contribution in [0.25, 0.3) is 10.1 Å². The molecule has 2 N–H and O–H groups in total. The van der Waals surface area contributed by atoms with Crippen molar-refractivity contribution in [1.29, 1.82) is 0 Å². The van der Waals surface area contributed by atoms with Crippen molar-refractivity contribution in [3.05, 3.63) is 70.9 Å². The molecular formula is C21H21FN2O2S. The molecule has 1 aromatic heterocycles. The highest BCUT2D eigenvalue weighted by molar-refractivity contribution is 7.17. The molecule has 27 heavy (non-hydrogen) atoms. The summed E-state index contributed by atoms with van der Waals surface area (Å²) in [6, 6.07) is 13.5. The van der Waals surface area contributed by atoms with Crippen molar-refractivity contribution in [2.24, 2.45) is 0 Å². The van der Waals surface area contributed by atoms with E-state index < -0.39 is 6.04 Å². The van der Waals surface area contributed by atoms with Gasteiger partial charge in [-0.05, 0) is 40.4 Å². The van der Waals surface area contributed by atoms with Gasteiger partial charge >= 0.3 is 0 Å². The maximum absolute atomic E-state index is 13.9. The van der Waals surface area contributed by atoms with Gasteiger partial charge in [-0.1, -0.05) is 36.4 Å². The summed E-state index contributed by atoms with van der Waals surface area (Å²) in [7, 11) is 1.50. The maximum atomic E-state index is 13.9. The molecule has 3 rings (SSSR count). The molecule has 140 valence electrons. The van der Waals surface area contributed by atoms with Crippen molar-refractivity contribution in [3.63, 3.8) is 0 Å². The summed E-state index contributed by atoms with van der Waals surface area (Å²) in [6.07, 6.45) is 0.973. The third-order valence-corrected chi connectivity index (χ3v) is 5.47. The highest BCUT2D eigenvalue weighted by Crippen LogP contribution is 2.26. The van der Waals surface area contributed by atoms with Crippen molar-refractivity contribution in [3.8, 4) is 0 Å². The Morgan fingerprint density at radius 1 is 1.07 bits per heavy atom. The molecule has 3 aromatic rings. The second-order valence-electron chi connectivity index (χ2n) is 6.29. The minimum atomic E-state index is -0.807. The molecule has 0 aliphatic rings. The van der Waals surface area contributed by atoms with Gasteiger partial charge in [-0.2, -0.15) is 0 Å². The number of fused-ring (bicyclic) bond motifs is 1. The van der Waals surface area contributed by atoms with Gasteiger partial charge in [-0.3, -0.25) is 9.59 Å². The van der Waals surface area contributed by atoms with Crippen LogP contribution in [0.15, 0.2) is 53.9 Å². The Bertz CT molecular complexity index is 954. The number of nitrogens with one attached hydrogen (secondary N) is 2. The van der Waals surface area contributed by atoms with Gasteiger partial charge in [0, 0.05) is 24.6 Å². The van der Waals surface area contributed by atoms with Gasteiger partial charge in [0.2, 0.25) is 11.8 Å². The van der Waals surface area contributed by atoms with E-state index in [9.17, 15) is 14.0 Å². The van der Waals surface area contributed by atoms with E-state index in [1.165, 1.54) is 17.8 Å². The molecule has 0 radical (unpaired) electrons. The molecule has 2 amide bonds. The van der Waals surface area contributed by atoms with Crippen molar-refractivity contribution >= 4 is 33.2 Å². The third kappa shape index (κ3) is 4.71. The number of amides is 2. The fourth-order valence-corrected chi connectivity index (χ4v) is 4.01. The molecule has 0 aliphatic carbocycles. The van der Waals surface area contributed by atoms with E-state index in [4.69, 9.17) is 0 Å². The predicted octanol–water partition coefficient (Wildman–Crippen LogP) is 3.45. The summed E-state index contributed by atoms with van der Waals surface area (Å²) >= 11 is 1.65. The zero-order chi connectivity index (χ0) is 19.2. The average molecular weight is 384 g/mol. The molecule has 0 saturated carbocycles. The van der Waals surface area contributed by atoms with E-state index in [1.54, 1.807) is 29.5 Å². The summed E-state index contributed by atoms with van der Waals surface area (Å²) in [6.45, 7) is 0. The first kappa shape index (κ1) is 19.0. The molecule has 0 unspecified atom stereocenters. The van der Waals surface area contributed by atoms with E-state index in [2.05, 4.69) is 22.1 Å². The zero-order valence-corrected chi connectivity index (χ0v) is 15.8. The van der Waals surface area contributed by atoms with E-state index in [0.29, 0.717) is 12.0 Å². The second-order valence-corrected chi connectivity index (χ2v) is 7.20. The molecule has 2 aromatic carbocycles. The molecular weight excluding hydrogens is 363 g/mol. The number of thiophene rings is 1. The van der Waals surface area contributed by atoms with Gasteiger partial charge < -0.3 is 10.6 Å². The van der Waals surface area contributed by atoms with E-state index >= 15 is 0 Å². The lowest BCUT2D eigenvalue weighted by Crippen LogP contribution is -2.47. The first-order valence-electron chi connectivity index (χ1n) is 8.78. The van der Waals surface area contributed by atoms with Crippen LogP contribution in [-0.2, 0) is 22.4 Å². The molecule has 0 aliphatic heterocycles. The Labute approximate surface area is 161 Å². The van der Waals surface area contributed by atoms with Crippen LogP contribution < -0.4 is 10.6 Å². The lowest BCUT2D eigenvalue weighted by atomic mass is 10.0.